The van der Waals surface area contributed by atoms with Gasteiger partial charge in [0.25, 0.3) is 0 Å². The van der Waals surface area contributed by atoms with E-state index in [1.807, 2.05) is 0 Å². The molecule has 0 saturated carbocycles. The van der Waals surface area contributed by atoms with Gasteiger partial charge >= 0.3 is 0 Å². The smallest absolute Gasteiger partial charge is 0.164 e. The van der Waals surface area contributed by atoms with Crippen molar-refractivity contribution in [2.45, 2.75) is 20.0 Å². The Hall–Kier alpha value is -1.81. The largest absolute Gasteiger partial charge is 0.384 e. The molecule has 2 aromatic carbocycles. The van der Waals surface area contributed by atoms with Gasteiger partial charge in [0.1, 0.15) is 11.9 Å². The fourth-order valence-electron chi connectivity index (χ4n) is 2.24. The average Bonchev–Trinajstić information content (AvgIpc) is 2.31. The SMILES string of the molecule is Cc1cc(F)cc(C)c1C(O)c1cccc(F)c1F. The van der Waals surface area contributed by atoms with Crippen molar-refractivity contribution in [2.24, 2.45) is 0 Å². The molecule has 100 valence electrons. The Bertz CT molecular complexity index is 600. The summed E-state index contributed by atoms with van der Waals surface area (Å²) in [5, 5.41) is 10.2. The zero-order valence-electron chi connectivity index (χ0n) is 10.5. The lowest BCUT2D eigenvalue weighted by Gasteiger charge is -2.18. The Kier molecular flexibility index (Phi) is 3.62. The van der Waals surface area contributed by atoms with Crippen LogP contribution in [0.4, 0.5) is 13.2 Å². The van der Waals surface area contributed by atoms with E-state index in [-0.39, 0.29) is 5.56 Å². The van der Waals surface area contributed by atoms with E-state index in [2.05, 4.69) is 0 Å². The third-order valence-corrected chi connectivity index (χ3v) is 3.11. The summed E-state index contributed by atoms with van der Waals surface area (Å²) in [5.41, 5.74) is 1.23. The summed E-state index contributed by atoms with van der Waals surface area (Å²) in [5.74, 6) is -2.53. The third-order valence-electron chi connectivity index (χ3n) is 3.11. The van der Waals surface area contributed by atoms with Crippen LogP contribution in [0.5, 0.6) is 0 Å². The first kappa shape index (κ1) is 13.6. The van der Waals surface area contributed by atoms with E-state index >= 15 is 0 Å². The fourth-order valence-corrected chi connectivity index (χ4v) is 2.24. The van der Waals surface area contributed by atoms with Crippen LogP contribution >= 0.6 is 0 Å². The van der Waals surface area contributed by atoms with Gasteiger partial charge in [0.15, 0.2) is 11.6 Å². The predicted octanol–water partition coefficient (Wildman–Crippen LogP) is 3.80. The second kappa shape index (κ2) is 5.05. The summed E-state index contributed by atoms with van der Waals surface area (Å²) in [6.45, 7) is 3.23. The van der Waals surface area contributed by atoms with Gasteiger partial charge in [0, 0.05) is 5.56 Å². The summed E-state index contributed by atoms with van der Waals surface area (Å²) < 4.78 is 40.0. The Balaban J connectivity index is 2.56. The zero-order chi connectivity index (χ0) is 14.2. The van der Waals surface area contributed by atoms with Crippen molar-refractivity contribution < 1.29 is 18.3 Å². The van der Waals surface area contributed by atoms with Crippen molar-refractivity contribution in [3.63, 3.8) is 0 Å². The van der Waals surface area contributed by atoms with E-state index < -0.39 is 23.6 Å². The topological polar surface area (TPSA) is 20.2 Å². The lowest BCUT2D eigenvalue weighted by atomic mass is 9.93. The first-order valence-corrected chi connectivity index (χ1v) is 5.80. The fraction of sp³-hybridized carbons (Fsp3) is 0.200. The van der Waals surface area contributed by atoms with E-state index in [0.29, 0.717) is 16.7 Å². The van der Waals surface area contributed by atoms with Gasteiger partial charge in [-0.3, -0.25) is 0 Å². The summed E-state index contributed by atoms with van der Waals surface area (Å²) in [6, 6.07) is 6.12. The Morgan fingerprint density at radius 3 is 2.16 bits per heavy atom. The van der Waals surface area contributed by atoms with Gasteiger partial charge in [-0.25, -0.2) is 13.2 Å². The van der Waals surface area contributed by atoms with Gasteiger partial charge in [-0.1, -0.05) is 12.1 Å². The second-order valence-corrected chi connectivity index (χ2v) is 4.50. The molecule has 0 heterocycles. The highest BCUT2D eigenvalue weighted by Gasteiger charge is 2.21. The normalized spacial score (nSPS) is 12.5. The summed E-state index contributed by atoms with van der Waals surface area (Å²) in [6.07, 6.45) is -1.32. The summed E-state index contributed by atoms with van der Waals surface area (Å²) >= 11 is 0. The van der Waals surface area contributed by atoms with Crippen LogP contribution in [0.3, 0.4) is 0 Å². The number of hydrogen-bond donors (Lipinski definition) is 1. The first-order valence-electron chi connectivity index (χ1n) is 5.80. The minimum Gasteiger partial charge on any atom is -0.384 e. The molecule has 0 spiro atoms. The van der Waals surface area contributed by atoms with E-state index in [0.717, 1.165) is 6.07 Å². The van der Waals surface area contributed by atoms with Crippen molar-refractivity contribution in [1.82, 2.24) is 0 Å². The van der Waals surface area contributed by atoms with Crippen LogP contribution in [-0.2, 0) is 0 Å². The molecular weight excluding hydrogens is 253 g/mol. The molecule has 0 radical (unpaired) electrons. The van der Waals surface area contributed by atoms with Crippen LogP contribution < -0.4 is 0 Å². The highest BCUT2D eigenvalue weighted by Crippen LogP contribution is 2.30. The van der Waals surface area contributed by atoms with Crippen molar-refractivity contribution in [3.8, 4) is 0 Å². The number of aliphatic hydroxyl groups excluding tert-OH is 1. The molecule has 1 atom stereocenters. The molecule has 4 heteroatoms. The molecule has 2 aromatic rings. The molecule has 1 unspecified atom stereocenters. The van der Waals surface area contributed by atoms with Crippen LogP contribution in [-0.4, -0.2) is 5.11 Å². The van der Waals surface area contributed by atoms with Gasteiger partial charge in [0.05, 0.1) is 0 Å². The maximum atomic E-state index is 13.7. The molecule has 0 aliphatic rings. The Morgan fingerprint density at radius 1 is 1.00 bits per heavy atom. The summed E-state index contributed by atoms with van der Waals surface area (Å²) in [4.78, 5) is 0. The minimum absolute atomic E-state index is 0.155. The van der Waals surface area contributed by atoms with Gasteiger partial charge in [0.2, 0.25) is 0 Å². The van der Waals surface area contributed by atoms with E-state index in [9.17, 15) is 18.3 Å². The predicted molar refractivity (Wildman–Crippen MR) is 66.3 cm³/mol. The molecule has 0 aliphatic heterocycles. The molecule has 1 N–H and O–H groups in total. The van der Waals surface area contributed by atoms with Crippen molar-refractivity contribution in [2.75, 3.05) is 0 Å². The maximum absolute atomic E-state index is 13.7. The quantitative estimate of drug-likeness (QED) is 0.876. The first-order chi connectivity index (χ1) is 8.91. The van der Waals surface area contributed by atoms with Crippen LogP contribution in [0.15, 0.2) is 30.3 Å². The van der Waals surface area contributed by atoms with E-state index in [4.69, 9.17) is 0 Å². The van der Waals surface area contributed by atoms with Crippen molar-refractivity contribution >= 4 is 0 Å². The highest BCUT2D eigenvalue weighted by molar-refractivity contribution is 5.41. The van der Waals surface area contributed by atoms with E-state index in [1.165, 1.54) is 24.3 Å². The maximum Gasteiger partial charge on any atom is 0.164 e. The van der Waals surface area contributed by atoms with Gasteiger partial charge in [-0.2, -0.15) is 0 Å². The molecule has 0 saturated heterocycles. The number of hydrogen-bond acceptors (Lipinski definition) is 1. The average molecular weight is 266 g/mol. The van der Waals surface area contributed by atoms with Crippen LogP contribution in [0.25, 0.3) is 0 Å². The molecule has 19 heavy (non-hydrogen) atoms. The molecule has 0 aromatic heterocycles. The van der Waals surface area contributed by atoms with Gasteiger partial charge in [-0.15, -0.1) is 0 Å². The van der Waals surface area contributed by atoms with E-state index in [1.54, 1.807) is 13.8 Å². The Morgan fingerprint density at radius 2 is 1.58 bits per heavy atom. The standard InChI is InChI=1S/C15H13F3O/c1-8-6-10(16)7-9(2)13(8)15(19)11-4-3-5-12(17)14(11)18/h3-7,15,19H,1-2H3. The lowest BCUT2D eigenvalue weighted by Crippen LogP contribution is -2.08. The number of halogens is 3. The molecular formula is C15H13F3O. The second-order valence-electron chi connectivity index (χ2n) is 4.50. The lowest BCUT2D eigenvalue weighted by molar-refractivity contribution is 0.211. The molecule has 0 amide bonds. The van der Waals surface area contributed by atoms with Crippen molar-refractivity contribution in [3.05, 3.63) is 70.0 Å². The number of benzene rings is 2. The Labute approximate surface area is 109 Å². The number of rotatable bonds is 2. The van der Waals surface area contributed by atoms with Crippen LogP contribution in [0, 0.1) is 31.3 Å². The number of aliphatic hydroxyl groups is 1. The third kappa shape index (κ3) is 2.49. The van der Waals surface area contributed by atoms with Gasteiger partial charge in [-0.05, 0) is 48.7 Å². The molecule has 0 bridgehead atoms. The summed E-state index contributed by atoms with van der Waals surface area (Å²) in [7, 11) is 0. The zero-order valence-corrected chi connectivity index (χ0v) is 10.5. The molecule has 0 fully saturated rings. The monoisotopic (exact) mass is 266 g/mol. The molecule has 0 aliphatic carbocycles. The number of aryl methyl sites for hydroxylation is 2. The van der Waals surface area contributed by atoms with Crippen LogP contribution in [0.1, 0.15) is 28.4 Å². The highest BCUT2D eigenvalue weighted by atomic mass is 19.2. The van der Waals surface area contributed by atoms with Crippen LogP contribution in [0.2, 0.25) is 0 Å². The van der Waals surface area contributed by atoms with Crippen molar-refractivity contribution in [1.29, 1.82) is 0 Å². The van der Waals surface area contributed by atoms with Gasteiger partial charge < -0.3 is 5.11 Å². The molecule has 1 nitrogen and oxygen atoms in total. The minimum atomic E-state index is -1.32. The molecule has 2 rings (SSSR count).